The number of carbonyl (C=O) groups is 2. The van der Waals surface area contributed by atoms with Gasteiger partial charge in [0.05, 0.1) is 11.3 Å². The van der Waals surface area contributed by atoms with E-state index in [1.54, 1.807) is 13.0 Å². The van der Waals surface area contributed by atoms with E-state index in [1.807, 2.05) is 6.92 Å². The summed E-state index contributed by atoms with van der Waals surface area (Å²) in [6.45, 7) is 3.45. The summed E-state index contributed by atoms with van der Waals surface area (Å²) in [4.78, 5) is 22.6. The SMILES string of the molecule is CC/C=C(/C)C(=O)Nc1c(F)cccc1C(=O)O. The molecule has 0 spiro atoms. The van der Waals surface area contributed by atoms with Crippen LogP contribution in [0, 0.1) is 5.82 Å². The van der Waals surface area contributed by atoms with Gasteiger partial charge in [-0.15, -0.1) is 0 Å². The predicted molar refractivity (Wildman–Crippen MR) is 66.0 cm³/mol. The van der Waals surface area contributed by atoms with E-state index in [0.717, 1.165) is 6.07 Å². The second-order valence-electron chi connectivity index (χ2n) is 3.72. The van der Waals surface area contributed by atoms with Gasteiger partial charge in [0.1, 0.15) is 5.82 Å². The fraction of sp³-hybridized carbons (Fsp3) is 0.231. The first-order valence-electron chi connectivity index (χ1n) is 5.47. The Kier molecular flexibility index (Phi) is 4.59. The number of halogens is 1. The quantitative estimate of drug-likeness (QED) is 0.808. The molecule has 2 N–H and O–H groups in total. The van der Waals surface area contributed by atoms with Crippen molar-refractivity contribution in [1.82, 2.24) is 0 Å². The lowest BCUT2D eigenvalue weighted by atomic mass is 10.1. The van der Waals surface area contributed by atoms with Crippen LogP contribution in [0.2, 0.25) is 0 Å². The number of aromatic carboxylic acids is 1. The number of para-hydroxylation sites is 1. The minimum atomic E-state index is -1.29. The van der Waals surface area contributed by atoms with E-state index in [9.17, 15) is 14.0 Å². The van der Waals surface area contributed by atoms with Crippen molar-refractivity contribution in [2.24, 2.45) is 0 Å². The number of nitrogens with one attached hydrogen (secondary N) is 1. The lowest BCUT2D eigenvalue weighted by molar-refractivity contribution is -0.112. The number of hydrogen-bond acceptors (Lipinski definition) is 2. The van der Waals surface area contributed by atoms with E-state index in [2.05, 4.69) is 5.32 Å². The van der Waals surface area contributed by atoms with Crippen LogP contribution in [0.3, 0.4) is 0 Å². The van der Waals surface area contributed by atoms with Gasteiger partial charge in [-0.1, -0.05) is 19.1 Å². The first kappa shape index (κ1) is 13.9. The van der Waals surface area contributed by atoms with Crippen molar-refractivity contribution < 1.29 is 19.1 Å². The van der Waals surface area contributed by atoms with Crippen molar-refractivity contribution in [1.29, 1.82) is 0 Å². The van der Waals surface area contributed by atoms with E-state index in [4.69, 9.17) is 5.11 Å². The Hall–Kier alpha value is -2.17. The van der Waals surface area contributed by atoms with Gasteiger partial charge in [0.2, 0.25) is 0 Å². The molecule has 0 fully saturated rings. The second-order valence-corrected chi connectivity index (χ2v) is 3.72. The summed E-state index contributed by atoms with van der Waals surface area (Å²) < 4.78 is 13.5. The number of carboxylic acids is 1. The lowest BCUT2D eigenvalue weighted by Gasteiger charge is -2.09. The summed E-state index contributed by atoms with van der Waals surface area (Å²) in [5.74, 6) is -2.57. The van der Waals surface area contributed by atoms with Crippen LogP contribution in [-0.4, -0.2) is 17.0 Å². The summed E-state index contributed by atoms with van der Waals surface area (Å²) in [7, 11) is 0. The van der Waals surface area contributed by atoms with Crippen LogP contribution in [0.1, 0.15) is 30.6 Å². The highest BCUT2D eigenvalue weighted by Crippen LogP contribution is 2.20. The molecule has 1 amide bonds. The normalized spacial score (nSPS) is 11.2. The molecule has 0 atom stereocenters. The molecule has 5 heteroatoms. The van der Waals surface area contributed by atoms with Crippen LogP contribution >= 0.6 is 0 Å². The second kappa shape index (κ2) is 5.95. The molecule has 0 bridgehead atoms. The molecule has 1 aromatic rings. The van der Waals surface area contributed by atoms with Crippen LogP contribution in [0.5, 0.6) is 0 Å². The maximum atomic E-state index is 13.5. The van der Waals surface area contributed by atoms with Crippen molar-refractivity contribution in [3.8, 4) is 0 Å². The third-order valence-electron chi connectivity index (χ3n) is 2.35. The highest BCUT2D eigenvalue weighted by atomic mass is 19.1. The number of hydrogen-bond donors (Lipinski definition) is 2. The largest absolute Gasteiger partial charge is 0.478 e. The minimum Gasteiger partial charge on any atom is -0.478 e. The highest BCUT2D eigenvalue weighted by molar-refractivity contribution is 6.07. The lowest BCUT2D eigenvalue weighted by Crippen LogP contribution is -2.16. The van der Waals surface area contributed by atoms with Gasteiger partial charge in [-0.2, -0.15) is 0 Å². The molecule has 0 aliphatic carbocycles. The van der Waals surface area contributed by atoms with Crippen LogP contribution in [0.25, 0.3) is 0 Å². The fourth-order valence-corrected chi connectivity index (χ4v) is 1.44. The van der Waals surface area contributed by atoms with Crippen molar-refractivity contribution in [3.05, 3.63) is 41.2 Å². The van der Waals surface area contributed by atoms with E-state index in [0.29, 0.717) is 12.0 Å². The van der Waals surface area contributed by atoms with Crippen LogP contribution < -0.4 is 5.32 Å². The Labute approximate surface area is 104 Å². The van der Waals surface area contributed by atoms with E-state index in [-0.39, 0.29) is 11.3 Å². The van der Waals surface area contributed by atoms with Gasteiger partial charge in [0, 0.05) is 5.57 Å². The molecule has 0 aromatic heterocycles. The molecular formula is C13H14FNO3. The zero-order valence-electron chi connectivity index (χ0n) is 10.2. The average Bonchev–Trinajstić information content (AvgIpc) is 2.31. The van der Waals surface area contributed by atoms with Crippen LogP contribution in [0.4, 0.5) is 10.1 Å². The molecule has 0 aliphatic heterocycles. The molecular weight excluding hydrogens is 237 g/mol. The summed E-state index contributed by atoms with van der Waals surface area (Å²) in [5.41, 5.74) is -0.163. The Morgan fingerprint density at radius 2 is 2.11 bits per heavy atom. The number of amides is 1. The monoisotopic (exact) mass is 251 g/mol. The van der Waals surface area contributed by atoms with Gasteiger partial charge in [-0.05, 0) is 25.5 Å². The number of rotatable bonds is 4. The summed E-state index contributed by atoms with van der Waals surface area (Å²) in [6, 6.07) is 3.62. The highest BCUT2D eigenvalue weighted by Gasteiger charge is 2.16. The maximum absolute atomic E-state index is 13.5. The minimum absolute atomic E-state index is 0.271. The molecule has 0 saturated carbocycles. The van der Waals surface area contributed by atoms with Gasteiger partial charge >= 0.3 is 5.97 Å². The molecule has 96 valence electrons. The standard InChI is InChI=1S/C13H14FNO3/c1-3-5-8(2)12(16)15-11-9(13(17)18)6-4-7-10(11)14/h4-7H,3H2,1-2H3,(H,15,16)(H,17,18)/b8-5-. The zero-order chi connectivity index (χ0) is 13.7. The van der Waals surface area contributed by atoms with Gasteiger partial charge in [0.15, 0.2) is 0 Å². The molecule has 0 heterocycles. The molecule has 0 saturated heterocycles. The van der Waals surface area contributed by atoms with Crippen molar-refractivity contribution in [2.75, 3.05) is 5.32 Å². The van der Waals surface area contributed by atoms with E-state index < -0.39 is 17.7 Å². The van der Waals surface area contributed by atoms with Gasteiger partial charge in [-0.25, -0.2) is 9.18 Å². The van der Waals surface area contributed by atoms with Crippen LogP contribution in [0.15, 0.2) is 29.8 Å². The number of anilines is 1. The number of carboxylic acid groups (broad SMARTS) is 1. The fourth-order valence-electron chi connectivity index (χ4n) is 1.44. The molecule has 4 nitrogen and oxygen atoms in total. The van der Waals surface area contributed by atoms with Crippen LogP contribution in [-0.2, 0) is 4.79 Å². The average molecular weight is 251 g/mol. The van der Waals surface area contributed by atoms with E-state index >= 15 is 0 Å². The maximum Gasteiger partial charge on any atom is 0.337 e. The zero-order valence-corrected chi connectivity index (χ0v) is 10.2. The van der Waals surface area contributed by atoms with Gasteiger partial charge < -0.3 is 10.4 Å². The number of benzene rings is 1. The molecule has 0 radical (unpaired) electrons. The molecule has 0 unspecified atom stereocenters. The number of carbonyl (C=O) groups excluding carboxylic acids is 1. The Morgan fingerprint density at radius 3 is 2.67 bits per heavy atom. The van der Waals surface area contributed by atoms with E-state index in [1.165, 1.54) is 12.1 Å². The predicted octanol–water partition coefficient (Wildman–Crippen LogP) is 2.82. The Balaban J connectivity index is 3.08. The molecule has 18 heavy (non-hydrogen) atoms. The van der Waals surface area contributed by atoms with Gasteiger partial charge in [0.25, 0.3) is 5.91 Å². The molecule has 1 rings (SSSR count). The third kappa shape index (κ3) is 3.16. The Morgan fingerprint density at radius 1 is 1.44 bits per heavy atom. The summed E-state index contributed by atoms with van der Waals surface area (Å²) in [6.07, 6.45) is 2.35. The first-order valence-corrected chi connectivity index (χ1v) is 5.47. The van der Waals surface area contributed by atoms with Crippen molar-refractivity contribution >= 4 is 17.6 Å². The number of allylic oxidation sites excluding steroid dienone is 1. The van der Waals surface area contributed by atoms with Crippen molar-refractivity contribution in [3.63, 3.8) is 0 Å². The third-order valence-corrected chi connectivity index (χ3v) is 2.35. The Bertz CT molecular complexity index is 509. The molecule has 1 aromatic carbocycles. The topological polar surface area (TPSA) is 66.4 Å². The van der Waals surface area contributed by atoms with Gasteiger partial charge in [-0.3, -0.25) is 4.79 Å². The smallest absolute Gasteiger partial charge is 0.337 e. The molecule has 0 aliphatic rings. The first-order chi connectivity index (χ1) is 8.47. The van der Waals surface area contributed by atoms with Crippen molar-refractivity contribution in [2.45, 2.75) is 20.3 Å². The summed E-state index contributed by atoms with van der Waals surface area (Å²) in [5, 5.41) is 11.2. The summed E-state index contributed by atoms with van der Waals surface area (Å²) >= 11 is 0.